The third kappa shape index (κ3) is 3.84. The quantitative estimate of drug-likeness (QED) is 0.549. The van der Waals surface area contributed by atoms with E-state index in [0.717, 1.165) is 0 Å². The third-order valence-corrected chi connectivity index (χ3v) is 2.80. The summed E-state index contributed by atoms with van der Waals surface area (Å²) >= 11 is 1.46. The molecule has 6 heteroatoms. The maximum absolute atomic E-state index is 10.6. The molecule has 0 aliphatic carbocycles. The van der Waals surface area contributed by atoms with Gasteiger partial charge < -0.3 is 20.3 Å². The summed E-state index contributed by atoms with van der Waals surface area (Å²) in [5, 5.41) is 20.0. The molecule has 1 heterocycles. The van der Waals surface area contributed by atoms with Crippen molar-refractivity contribution in [3.05, 3.63) is 0 Å². The molecule has 1 aliphatic heterocycles. The van der Waals surface area contributed by atoms with Crippen LogP contribution in [0.2, 0.25) is 0 Å². The Morgan fingerprint density at radius 1 is 1.77 bits per heavy atom. The summed E-state index contributed by atoms with van der Waals surface area (Å²) in [6.45, 7) is 0.302. The number of nitrogens with one attached hydrogen (secondary N) is 1. The van der Waals surface area contributed by atoms with Crippen molar-refractivity contribution in [1.82, 2.24) is 5.32 Å². The molecule has 5 nitrogen and oxygen atoms in total. The van der Waals surface area contributed by atoms with E-state index in [2.05, 4.69) is 5.32 Å². The molecule has 0 spiro atoms. The second-order valence-corrected chi connectivity index (χ2v) is 3.86. The SMILES string of the molecule is O=C1NCC(CSCC(O)CO)O1. The fourth-order valence-electron chi connectivity index (χ4n) is 0.913. The van der Waals surface area contributed by atoms with Gasteiger partial charge in [0.1, 0.15) is 6.10 Å². The zero-order valence-corrected chi connectivity index (χ0v) is 7.92. The summed E-state index contributed by atoms with van der Waals surface area (Å²) in [6.07, 6.45) is -1.17. The molecular weight excluding hydrogens is 194 g/mol. The van der Waals surface area contributed by atoms with Gasteiger partial charge in [-0.3, -0.25) is 0 Å². The van der Waals surface area contributed by atoms with Crippen LogP contribution in [-0.4, -0.2) is 53.2 Å². The fraction of sp³-hybridized carbons (Fsp3) is 0.857. The summed E-state index contributed by atoms with van der Waals surface area (Å²) in [5.41, 5.74) is 0. The first-order valence-corrected chi connectivity index (χ1v) is 5.19. The molecule has 3 N–H and O–H groups in total. The second kappa shape index (κ2) is 5.31. The molecule has 1 aliphatic rings. The van der Waals surface area contributed by atoms with Crippen LogP contribution in [0.25, 0.3) is 0 Å². The average Bonchev–Trinajstić information content (AvgIpc) is 2.51. The Morgan fingerprint density at radius 3 is 3.08 bits per heavy atom. The molecule has 0 bridgehead atoms. The van der Waals surface area contributed by atoms with Crippen molar-refractivity contribution in [3.8, 4) is 0 Å². The minimum atomic E-state index is -0.685. The molecule has 1 amide bonds. The summed E-state index contributed by atoms with van der Waals surface area (Å²) in [7, 11) is 0. The molecule has 76 valence electrons. The highest BCUT2D eigenvalue weighted by molar-refractivity contribution is 7.99. The van der Waals surface area contributed by atoms with Crippen molar-refractivity contribution in [2.45, 2.75) is 12.2 Å². The van der Waals surface area contributed by atoms with Crippen molar-refractivity contribution in [2.24, 2.45) is 0 Å². The van der Waals surface area contributed by atoms with E-state index in [1.165, 1.54) is 11.8 Å². The van der Waals surface area contributed by atoms with Gasteiger partial charge in [0, 0.05) is 11.5 Å². The Balaban J connectivity index is 2.03. The van der Waals surface area contributed by atoms with E-state index in [1.54, 1.807) is 0 Å². The number of aliphatic hydroxyl groups excluding tert-OH is 2. The van der Waals surface area contributed by atoms with E-state index in [1.807, 2.05) is 0 Å². The van der Waals surface area contributed by atoms with Crippen LogP contribution in [0.4, 0.5) is 4.79 Å². The molecular formula is C7H13NO4S. The highest BCUT2D eigenvalue weighted by atomic mass is 32.2. The molecule has 0 aromatic carbocycles. The number of hydrogen-bond donors (Lipinski definition) is 3. The van der Waals surface area contributed by atoms with Gasteiger partial charge in [0.2, 0.25) is 0 Å². The normalized spacial score (nSPS) is 23.8. The molecule has 0 aromatic rings. The summed E-state index contributed by atoms with van der Waals surface area (Å²) in [4.78, 5) is 10.6. The Kier molecular flexibility index (Phi) is 4.34. The van der Waals surface area contributed by atoms with Crippen molar-refractivity contribution in [2.75, 3.05) is 24.7 Å². The van der Waals surface area contributed by atoms with E-state index < -0.39 is 6.10 Å². The highest BCUT2D eigenvalue weighted by Gasteiger charge is 2.22. The van der Waals surface area contributed by atoms with Gasteiger partial charge in [-0.2, -0.15) is 11.8 Å². The second-order valence-electron chi connectivity index (χ2n) is 2.78. The molecule has 13 heavy (non-hydrogen) atoms. The number of thioether (sulfide) groups is 1. The molecule has 1 fully saturated rings. The van der Waals surface area contributed by atoms with Gasteiger partial charge >= 0.3 is 6.09 Å². The highest BCUT2D eigenvalue weighted by Crippen LogP contribution is 2.10. The topological polar surface area (TPSA) is 78.8 Å². The third-order valence-electron chi connectivity index (χ3n) is 1.57. The van der Waals surface area contributed by atoms with E-state index in [-0.39, 0.29) is 18.8 Å². The first kappa shape index (κ1) is 10.6. The monoisotopic (exact) mass is 207 g/mol. The summed E-state index contributed by atoms with van der Waals surface area (Å²) in [6, 6.07) is 0. The van der Waals surface area contributed by atoms with E-state index >= 15 is 0 Å². The zero-order chi connectivity index (χ0) is 9.68. The van der Waals surface area contributed by atoms with Crippen LogP contribution >= 0.6 is 11.8 Å². The molecule has 1 rings (SSSR count). The van der Waals surface area contributed by atoms with Crippen LogP contribution in [0.3, 0.4) is 0 Å². The number of ether oxygens (including phenoxy) is 1. The lowest BCUT2D eigenvalue weighted by Crippen LogP contribution is -2.20. The standard InChI is InChI=1S/C7H13NO4S/c9-2-5(10)3-13-4-6-1-8-7(11)12-6/h5-6,9-10H,1-4H2,(H,8,11). The van der Waals surface area contributed by atoms with Crippen LogP contribution in [0, 0.1) is 0 Å². The maximum atomic E-state index is 10.6. The van der Waals surface area contributed by atoms with Crippen molar-refractivity contribution < 1.29 is 19.7 Å². The smallest absolute Gasteiger partial charge is 0.407 e. The fourth-order valence-corrected chi connectivity index (χ4v) is 1.88. The number of aliphatic hydroxyl groups is 2. The minimum Gasteiger partial charge on any atom is -0.443 e. The molecule has 1 saturated heterocycles. The lowest BCUT2D eigenvalue weighted by atomic mass is 10.4. The number of alkyl carbamates (subject to hydrolysis) is 1. The van der Waals surface area contributed by atoms with Gasteiger partial charge in [-0.1, -0.05) is 0 Å². The largest absolute Gasteiger partial charge is 0.443 e. The molecule has 2 atom stereocenters. The lowest BCUT2D eigenvalue weighted by Gasteiger charge is -2.09. The Bertz CT molecular complexity index is 178. The predicted octanol–water partition coefficient (Wildman–Crippen LogP) is -0.819. The first-order chi connectivity index (χ1) is 6.22. The molecule has 0 aromatic heterocycles. The average molecular weight is 207 g/mol. The van der Waals surface area contributed by atoms with Crippen LogP contribution in [0.5, 0.6) is 0 Å². The van der Waals surface area contributed by atoms with Crippen LogP contribution in [-0.2, 0) is 4.74 Å². The van der Waals surface area contributed by atoms with Crippen LogP contribution < -0.4 is 5.32 Å². The molecule has 0 saturated carbocycles. The Morgan fingerprint density at radius 2 is 2.54 bits per heavy atom. The van der Waals surface area contributed by atoms with Gasteiger partial charge in [0.25, 0.3) is 0 Å². The minimum absolute atomic E-state index is 0.108. The number of rotatable bonds is 5. The number of carbonyl (C=O) groups excluding carboxylic acids is 1. The van der Waals surface area contributed by atoms with Gasteiger partial charge in [-0.05, 0) is 0 Å². The van der Waals surface area contributed by atoms with Gasteiger partial charge in [0.05, 0.1) is 19.3 Å². The van der Waals surface area contributed by atoms with Gasteiger partial charge in [-0.25, -0.2) is 4.79 Å². The molecule has 0 radical (unpaired) electrons. The number of amides is 1. The number of hydrogen-bond acceptors (Lipinski definition) is 5. The van der Waals surface area contributed by atoms with Gasteiger partial charge in [0.15, 0.2) is 0 Å². The van der Waals surface area contributed by atoms with Crippen LogP contribution in [0.1, 0.15) is 0 Å². The number of carbonyl (C=O) groups is 1. The Hall–Kier alpha value is -0.460. The van der Waals surface area contributed by atoms with Crippen molar-refractivity contribution >= 4 is 17.9 Å². The van der Waals surface area contributed by atoms with Crippen LogP contribution in [0.15, 0.2) is 0 Å². The Labute approximate surface area is 80.5 Å². The van der Waals surface area contributed by atoms with Gasteiger partial charge in [-0.15, -0.1) is 0 Å². The molecule has 2 unspecified atom stereocenters. The van der Waals surface area contributed by atoms with E-state index in [0.29, 0.717) is 18.1 Å². The number of cyclic esters (lactones) is 1. The zero-order valence-electron chi connectivity index (χ0n) is 7.10. The maximum Gasteiger partial charge on any atom is 0.407 e. The first-order valence-electron chi connectivity index (χ1n) is 4.03. The van der Waals surface area contributed by atoms with E-state index in [9.17, 15) is 4.79 Å². The van der Waals surface area contributed by atoms with E-state index in [4.69, 9.17) is 14.9 Å². The summed E-state index contributed by atoms with van der Waals surface area (Å²) < 4.78 is 4.86. The van der Waals surface area contributed by atoms with Crippen molar-refractivity contribution in [3.63, 3.8) is 0 Å². The van der Waals surface area contributed by atoms with Crippen molar-refractivity contribution in [1.29, 1.82) is 0 Å². The summed E-state index contributed by atoms with van der Waals surface area (Å²) in [5.74, 6) is 1.11. The predicted molar refractivity (Wildman–Crippen MR) is 48.7 cm³/mol. The lowest BCUT2D eigenvalue weighted by molar-refractivity contribution is 0.113.